The summed E-state index contributed by atoms with van der Waals surface area (Å²) in [5.41, 5.74) is 8.23. The highest BCUT2D eigenvalue weighted by Crippen LogP contribution is 2.43. The first-order valence-electron chi connectivity index (χ1n) is 12.4. The van der Waals surface area contributed by atoms with Crippen molar-refractivity contribution in [3.05, 3.63) is 95.0 Å². The summed E-state index contributed by atoms with van der Waals surface area (Å²) in [5, 5.41) is 14.6. The Hall–Kier alpha value is -5.36. The highest BCUT2D eigenvalue weighted by molar-refractivity contribution is 7.21. The molecule has 0 saturated carbocycles. The lowest BCUT2D eigenvalue weighted by Gasteiger charge is -2.10. The monoisotopic (exact) mass is 587 g/mol. The summed E-state index contributed by atoms with van der Waals surface area (Å²) in [6.07, 6.45) is 0. The van der Waals surface area contributed by atoms with Crippen molar-refractivity contribution < 1.29 is 37.4 Å². The number of nitrogen functional groups attached to an aromatic ring is 1. The van der Waals surface area contributed by atoms with Crippen LogP contribution in [0.2, 0.25) is 0 Å². The van der Waals surface area contributed by atoms with Crippen LogP contribution >= 0.6 is 11.3 Å². The van der Waals surface area contributed by atoms with Crippen LogP contribution in [0, 0.1) is 11.6 Å². The van der Waals surface area contributed by atoms with Crippen LogP contribution in [0.3, 0.4) is 0 Å². The Morgan fingerprint density at radius 1 is 0.952 bits per heavy atom. The minimum atomic E-state index is -0.810. The summed E-state index contributed by atoms with van der Waals surface area (Å²) in [6.45, 7) is 0. The molecule has 42 heavy (non-hydrogen) atoms. The van der Waals surface area contributed by atoms with Crippen LogP contribution in [0.15, 0.2) is 77.3 Å². The molecule has 0 aliphatic heterocycles. The van der Waals surface area contributed by atoms with E-state index in [4.69, 9.17) is 24.7 Å². The van der Waals surface area contributed by atoms with Crippen molar-refractivity contribution in [2.75, 3.05) is 20.0 Å². The molecular weight excluding hydrogens is 566 g/mol. The summed E-state index contributed by atoms with van der Waals surface area (Å²) in [7, 11) is 3.07. The second-order valence-electron chi connectivity index (χ2n) is 9.10. The Bertz CT molecular complexity index is 1970. The van der Waals surface area contributed by atoms with Gasteiger partial charge in [0.05, 0.1) is 25.6 Å². The molecule has 0 aliphatic rings. The molecule has 0 spiro atoms. The van der Waals surface area contributed by atoms with Gasteiger partial charge in [-0.05, 0) is 60.2 Å². The van der Waals surface area contributed by atoms with Gasteiger partial charge >= 0.3 is 11.6 Å². The third kappa shape index (κ3) is 4.57. The first-order valence-corrected chi connectivity index (χ1v) is 13.2. The smallest absolute Gasteiger partial charge is 0.393 e. The maximum Gasteiger partial charge on any atom is 0.393 e. The van der Waals surface area contributed by atoms with Gasteiger partial charge in [0.25, 0.3) is 5.78 Å². The number of carbonyl (C=O) groups excluding carboxylic acids is 1. The van der Waals surface area contributed by atoms with Crippen LogP contribution in [-0.2, 0) is 0 Å². The van der Waals surface area contributed by atoms with E-state index in [9.17, 15) is 14.3 Å². The minimum Gasteiger partial charge on any atom is -0.497 e. The number of aromatic nitrogens is 3. The van der Waals surface area contributed by atoms with Crippen molar-refractivity contribution in [3.8, 4) is 45.5 Å². The number of nitrogens with zero attached hydrogens (tertiary/aromatic N) is 3. The second-order valence-corrected chi connectivity index (χ2v) is 10.1. The zero-order valence-corrected chi connectivity index (χ0v) is 22.9. The molecule has 3 N–H and O–H groups in total. The lowest BCUT2D eigenvalue weighted by atomic mass is 9.98. The van der Waals surface area contributed by atoms with Crippen LogP contribution in [0.1, 0.15) is 15.4 Å². The lowest BCUT2D eigenvalue weighted by molar-refractivity contribution is -0.672. The van der Waals surface area contributed by atoms with E-state index in [1.807, 2.05) is 0 Å². The maximum atomic E-state index is 15.1. The average Bonchev–Trinajstić information content (AvgIpc) is 3.56. The predicted octanol–water partition coefficient (Wildman–Crippen LogP) is 5.71. The summed E-state index contributed by atoms with van der Waals surface area (Å²) in [4.78, 5) is 19.0. The zero-order valence-electron chi connectivity index (χ0n) is 22.1. The van der Waals surface area contributed by atoms with Gasteiger partial charge in [0, 0.05) is 39.4 Å². The number of carbonyl (C=O) groups is 1. The van der Waals surface area contributed by atoms with Gasteiger partial charge in [0.15, 0.2) is 0 Å². The molecule has 0 saturated heterocycles. The minimum absolute atomic E-state index is 0.00869. The van der Waals surface area contributed by atoms with E-state index in [0.29, 0.717) is 44.2 Å². The largest absolute Gasteiger partial charge is 0.497 e. The topological polar surface area (TPSA) is 125 Å². The molecule has 0 bridgehead atoms. The molecule has 9 nitrogen and oxygen atoms in total. The van der Waals surface area contributed by atoms with E-state index in [1.54, 1.807) is 61.7 Å². The number of halogens is 2. The van der Waals surface area contributed by atoms with Gasteiger partial charge in [0.2, 0.25) is 11.0 Å². The van der Waals surface area contributed by atoms with Gasteiger partial charge in [-0.1, -0.05) is 0 Å². The standard InChI is InChI=1S/C30H20F2N4O5S/c1-39-18-8-3-15(4-9-18)23-14-21(20-12-5-16(31)13-22(20)32)24-25(33)28(42-29(24)34-23)27(37)26-30(38)41-35-36(26)17-6-10-19(40-2)11-7-17/h3-14H,1-2H3,(H2-,33,35,37,38)/p+1. The molecule has 3 heterocycles. The van der Waals surface area contributed by atoms with E-state index in [0.717, 1.165) is 28.2 Å². The summed E-state index contributed by atoms with van der Waals surface area (Å²) >= 11 is 0.962. The van der Waals surface area contributed by atoms with Gasteiger partial charge in [-0.15, -0.1) is 11.3 Å². The molecule has 0 atom stereocenters. The van der Waals surface area contributed by atoms with Crippen LogP contribution < -0.4 is 19.9 Å². The normalized spacial score (nSPS) is 11.1. The number of benzene rings is 3. The van der Waals surface area contributed by atoms with Crippen LogP contribution in [-0.4, -0.2) is 35.4 Å². The number of hydrogen-bond donors (Lipinski definition) is 2. The number of pyridine rings is 1. The van der Waals surface area contributed by atoms with Crippen molar-refractivity contribution in [2.45, 2.75) is 0 Å². The number of fused-ring (bicyclic) bond motifs is 1. The predicted molar refractivity (Wildman–Crippen MR) is 151 cm³/mol. The Morgan fingerprint density at radius 3 is 2.26 bits per heavy atom. The van der Waals surface area contributed by atoms with Crippen molar-refractivity contribution >= 4 is 33.0 Å². The van der Waals surface area contributed by atoms with Gasteiger partial charge in [-0.25, -0.2) is 13.8 Å². The van der Waals surface area contributed by atoms with Crippen LogP contribution in [0.4, 0.5) is 14.5 Å². The van der Waals surface area contributed by atoms with Gasteiger partial charge in [-0.3, -0.25) is 9.32 Å². The maximum absolute atomic E-state index is 15.1. The van der Waals surface area contributed by atoms with Gasteiger partial charge in [-0.2, -0.15) is 0 Å². The second kappa shape index (κ2) is 10.6. The molecule has 0 radical (unpaired) electrons. The summed E-state index contributed by atoms with van der Waals surface area (Å²) < 4.78 is 45.4. The lowest BCUT2D eigenvalue weighted by Crippen LogP contribution is -2.38. The van der Waals surface area contributed by atoms with Crippen molar-refractivity contribution in [2.24, 2.45) is 0 Å². The van der Waals surface area contributed by atoms with E-state index in [1.165, 1.54) is 13.2 Å². The number of ketones is 1. The van der Waals surface area contributed by atoms with E-state index in [2.05, 4.69) is 5.27 Å². The molecule has 210 valence electrons. The highest BCUT2D eigenvalue weighted by atomic mass is 32.1. The summed E-state index contributed by atoms with van der Waals surface area (Å²) in [5.74, 6) is -1.75. The Kier molecular flexibility index (Phi) is 6.75. The Balaban J connectivity index is 1.55. The fourth-order valence-corrected chi connectivity index (χ4v) is 5.64. The molecule has 0 aliphatic carbocycles. The van der Waals surface area contributed by atoms with E-state index in [-0.39, 0.29) is 21.8 Å². The van der Waals surface area contributed by atoms with Gasteiger partial charge < -0.3 is 20.3 Å². The molecule has 0 amide bonds. The zero-order chi connectivity index (χ0) is 29.5. The van der Waals surface area contributed by atoms with Gasteiger partial charge in [0.1, 0.15) is 32.8 Å². The van der Waals surface area contributed by atoms with E-state index < -0.39 is 23.4 Å². The molecular formula is C30H21F2N4O5S+. The number of thiophene rings is 1. The molecule has 0 unspecified atom stereocenters. The quantitative estimate of drug-likeness (QED) is 0.180. The molecule has 12 heteroatoms. The average molecular weight is 588 g/mol. The molecule has 6 aromatic rings. The molecule has 3 aromatic carbocycles. The van der Waals surface area contributed by atoms with Crippen molar-refractivity contribution in [1.82, 2.24) is 10.3 Å². The first kappa shape index (κ1) is 26.8. The number of nitrogens with two attached hydrogens (primary N) is 1. The Labute approximate surface area is 241 Å². The number of aromatic hydroxyl groups is 1. The number of anilines is 1. The summed E-state index contributed by atoms with van der Waals surface area (Å²) in [6, 6.07) is 18.5. The molecule has 6 rings (SSSR count). The third-order valence-electron chi connectivity index (χ3n) is 6.67. The molecule has 3 aromatic heterocycles. The van der Waals surface area contributed by atoms with Crippen molar-refractivity contribution in [1.29, 1.82) is 0 Å². The first-order chi connectivity index (χ1) is 20.3. The van der Waals surface area contributed by atoms with E-state index >= 15 is 4.39 Å². The van der Waals surface area contributed by atoms with Crippen LogP contribution in [0.25, 0.3) is 38.3 Å². The SMILES string of the molecule is COc1ccc(-c2cc(-c3ccc(F)cc3F)c3c(N)c(C(=O)c4c(O)on[n+]4-c4ccc(OC)cc4)sc3n2)cc1. The number of hydrogen-bond acceptors (Lipinski definition) is 9. The fraction of sp³-hybridized carbons (Fsp3) is 0.0667. The number of methoxy groups -OCH3 is 2. The Morgan fingerprint density at radius 2 is 1.62 bits per heavy atom. The number of ether oxygens (including phenoxy) is 2. The van der Waals surface area contributed by atoms with Crippen LogP contribution in [0.5, 0.6) is 17.4 Å². The molecule has 0 fully saturated rings. The van der Waals surface area contributed by atoms with Crippen molar-refractivity contribution in [3.63, 3.8) is 0 Å². The third-order valence-corrected chi connectivity index (χ3v) is 7.77. The fourth-order valence-electron chi connectivity index (χ4n) is 4.57. The highest BCUT2D eigenvalue weighted by Gasteiger charge is 2.37. The number of rotatable bonds is 7.